The summed E-state index contributed by atoms with van der Waals surface area (Å²) in [5.41, 5.74) is 7.76. The number of hydrogen-bond donors (Lipinski definition) is 2. The largest absolute Gasteiger partial charge is 0.369 e. The number of nitrogens with two attached hydrogens (primary N) is 1. The van der Waals surface area contributed by atoms with Gasteiger partial charge in [-0.25, -0.2) is 0 Å². The fourth-order valence-electron chi connectivity index (χ4n) is 5.15. The molecule has 3 aliphatic rings. The average molecular weight is 454 g/mol. The van der Waals surface area contributed by atoms with Gasteiger partial charge in [-0.3, -0.25) is 14.7 Å². The SMILES string of the molecule is CN1CCC(N(C)C(=O)c2ccc(NC(N)=NC3=NCCCC3N3CCCCC3)cc2)CC1. The average Bonchev–Trinajstić information content (AvgIpc) is 2.85. The van der Waals surface area contributed by atoms with Gasteiger partial charge >= 0.3 is 0 Å². The first-order chi connectivity index (χ1) is 16.0. The lowest BCUT2D eigenvalue weighted by atomic mass is 10.0. The highest BCUT2D eigenvalue weighted by Gasteiger charge is 2.27. The number of likely N-dealkylation sites (tertiary alicyclic amines) is 2. The van der Waals surface area contributed by atoms with E-state index in [0.29, 0.717) is 17.6 Å². The van der Waals surface area contributed by atoms with Crippen LogP contribution < -0.4 is 11.1 Å². The zero-order chi connectivity index (χ0) is 23.2. The Kier molecular flexibility index (Phi) is 7.98. The molecule has 1 unspecified atom stereocenters. The molecule has 8 heteroatoms. The van der Waals surface area contributed by atoms with E-state index in [1.165, 1.54) is 19.3 Å². The van der Waals surface area contributed by atoms with Gasteiger partial charge in [0.05, 0.1) is 6.04 Å². The lowest BCUT2D eigenvalue weighted by Gasteiger charge is -2.35. The van der Waals surface area contributed by atoms with Gasteiger partial charge in [-0.1, -0.05) is 6.42 Å². The number of amidine groups is 1. The van der Waals surface area contributed by atoms with E-state index in [2.05, 4.69) is 32.1 Å². The number of nitrogens with zero attached hydrogens (tertiary/aromatic N) is 5. The molecule has 2 fully saturated rings. The summed E-state index contributed by atoms with van der Waals surface area (Å²) in [7, 11) is 4.05. The number of guanidine groups is 1. The maximum absolute atomic E-state index is 12.9. The van der Waals surface area contributed by atoms with Crippen LogP contribution in [0.15, 0.2) is 34.3 Å². The monoisotopic (exact) mass is 453 g/mol. The molecule has 0 bridgehead atoms. The fourth-order valence-corrected chi connectivity index (χ4v) is 5.15. The van der Waals surface area contributed by atoms with Gasteiger partial charge in [-0.2, -0.15) is 4.99 Å². The Morgan fingerprint density at radius 1 is 1.06 bits per heavy atom. The maximum Gasteiger partial charge on any atom is 0.253 e. The van der Waals surface area contributed by atoms with Crippen LogP contribution in [0.5, 0.6) is 0 Å². The molecule has 33 heavy (non-hydrogen) atoms. The molecule has 0 saturated carbocycles. The van der Waals surface area contributed by atoms with Crippen LogP contribution in [0.3, 0.4) is 0 Å². The molecule has 0 radical (unpaired) electrons. The Bertz CT molecular complexity index is 852. The number of nitrogens with one attached hydrogen (secondary N) is 1. The van der Waals surface area contributed by atoms with E-state index in [0.717, 1.165) is 69.9 Å². The Labute approximate surface area is 197 Å². The highest BCUT2D eigenvalue weighted by Crippen LogP contribution is 2.21. The summed E-state index contributed by atoms with van der Waals surface area (Å²) >= 11 is 0. The van der Waals surface area contributed by atoms with Crippen LogP contribution in [0.1, 0.15) is 55.3 Å². The van der Waals surface area contributed by atoms with Crippen molar-refractivity contribution in [2.75, 3.05) is 52.1 Å². The standard InChI is InChI=1S/C25H39N7O/c1-30-17-12-21(13-18-30)31(2)24(33)19-8-10-20(11-9-19)28-25(26)29-23-22(7-6-14-27-23)32-15-4-3-5-16-32/h8-11,21-22H,3-7,12-18H2,1-2H3,(H3,26,27,28,29). The van der Waals surface area contributed by atoms with Gasteiger partial charge in [0.25, 0.3) is 5.91 Å². The van der Waals surface area contributed by atoms with Crippen LogP contribution in [0.25, 0.3) is 0 Å². The summed E-state index contributed by atoms with van der Waals surface area (Å²) in [6.07, 6.45) is 8.06. The maximum atomic E-state index is 12.9. The molecule has 0 aromatic heterocycles. The third kappa shape index (κ3) is 6.12. The lowest BCUT2D eigenvalue weighted by molar-refractivity contribution is 0.0659. The Hall–Kier alpha value is -2.45. The summed E-state index contributed by atoms with van der Waals surface area (Å²) in [5, 5.41) is 3.17. The molecule has 3 N–H and O–H groups in total. The van der Waals surface area contributed by atoms with Crippen LogP contribution >= 0.6 is 0 Å². The molecule has 2 saturated heterocycles. The Morgan fingerprint density at radius 3 is 2.45 bits per heavy atom. The topological polar surface area (TPSA) is 89.6 Å². The van der Waals surface area contributed by atoms with E-state index in [1.54, 1.807) is 0 Å². The third-order valence-electron chi connectivity index (χ3n) is 7.23. The number of amides is 1. The zero-order valence-electron chi connectivity index (χ0n) is 20.2. The van der Waals surface area contributed by atoms with Gasteiger partial charge < -0.3 is 20.9 Å². The van der Waals surface area contributed by atoms with Crippen molar-refractivity contribution in [3.05, 3.63) is 29.8 Å². The minimum atomic E-state index is 0.0682. The normalized spacial score (nSPS) is 23.8. The molecule has 3 heterocycles. The van der Waals surface area contributed by atoms with Crippen molar-refractivity contribution in [2.24, 2.45) is 15.7 Å². The fraction of sp³-hybridized carbons (Fsp3) is 0.640. The molecule has 1 aromatic rings. The smallest absolute Gasteiger partial charge is 0.253 e. The molecule has 4 rings (SSSR count). The molecule has 0 spiro atoms. The van der Waals surface area contributed by atoms with Crippen molar-refractivity contribution in [1.82, 2.24) is 14.7 Å². The van der Waals surface area contributed by atoms with E-state index in [9.17, 15) is 4.79 Å². The second kappa shape index (κ2) is 11.1. The number of anilines is 1. The number of benzene rings is 1. The number of rotatable bonds is 4. The number of piperidine rings is 2. The van der Waals surface area contributed by atoms with Gasteiger partial charge in [-0.15, -0.1) is 0 Å². The van der Waals surface area contributed by atoms with E-state index in [4.69, 9.17) is 5.73 Å². The summed E-state index contributed by atoms with van der Waals surface area (Å²) < 4.78 is 0. The van der Waals surface area contributed by atoms with Gasteiger partial charge in [-0.05, 0) is 96.0 Å². The predicted octanol–water partition coefficient (Wildman–Crippen LogP) is 2.63. The van der Waals surface area contributed by atoms with Gasteiger partial charge in [0.2, 0.25) is 0 Å². The van der Waals surface area contributed by atoms with E-state index in [-0.39, 0.29) is 11.9 Å². The van der Waals surface area contributed by atoms with E-state index < -0.39 is 0 Å². The van der Waals surface area contributed by atoms with Gasteiger partial charge in [0, 0.05) is 30.9 Å². The van der Waals surface area contributed by atoms with E-state index in [1.807, 2.05) is 36.2 Å². The van der Waals surface area contributed by atoms with Crippen molar-refractivity contribution in [1.29, 1.82) is 0 Å². The first-order valence-electron chi connectivity index (χ1n) is 12.5. The number of carbonyl (C=O) groups excluding carboxylic acids is 1. The molecular formula is C25H39N7O. The van der Waals surface area contributed by atoms with Crippen molar-refractivity contribution in [3.63, 3.8) is 0 Å². The van der Waals surface area contributed by atoms with Crippen molar-refractivity contribution in [2.45, 2.75) is 57.0 Å². The van der Waals surface area contributed by atoms with Crippen LogP contribution in [0.2, 0.25) is 0 Å². The second-order valence-corrected chi connectivity index (χ2v) is 9.64. The number of carbonyl (C=O) groups is 1. The summed E-state index contributed by atoms with van der Waals surface area (Å²) in [5.74, 6) is 1.26. The molecule has 3 aliphatic heterocycles. The minimum Gasteiger partial charge on any atom is -0.369 e. The van der Waals surface area contributed by atoms with Gasteiger partial charge in [0.1, 0.15) is 5.84 Å². The Balaban J connectivity index is 1.36. The van der Waals surface area contributed by atoms with E-state index >= 15 is 0 Å². The molecular weight excluding hydrogens is 414 g/mol. The lowest BCUT2D eigenvalue weighted by Crippen LogP contribution is -2.45. The first kappa shape index (κ1) is 23.7. The van der Waals surface area contributed by atoms with Crippen LogP contribution in [0, 0.1) is 0 Å². The molecule has 180 valence electrons. The highest BCUT2D eigenvalue weighted by molar-refractivity contribution is 6.04. The minimum absolute atomic E-state index is 0.0682. The third-order valence-corrected chi connectivity index (χ3v) is 7.23. The highest BCUT2D eigenvalue weighted by atomic mass is 16.2. The van der Waals surface area contributed by atoms with Crippen molar-refractivity contribution >= 4 is 23.4 Å². The zero-order valence-corrected chi connectivity index (χ0v) is 20.2. The molecule has 8 nitrogen and oxygen atoms in total. The quantitative estimate of drug-likeness (QED) is 0.540. The predicted molar refractivity (Wildman–Crippen MR) is 135 cm³/mol. The number of hydrogen-bond acceptors (Lipinski definition) is 5. The van der Waals surface area contributed by atoms with Crippen LogP contribution in [-0.4, -0.2) is 91.3 Å². The van der Waals surface area contributed by atoms with Crippen molar-refractivity contribution < 1.29 is 4.79 Å². The molecule has 0 aliphatic carbocycles. The second-order valence-electron chi connectivity index (χ2n) is 9.64. The summed E-state index contributed by atoms with van der Waals surface area (Å²) in [6.45, 7) is 5.13. The number of aliphatic imine (C=N–C) groups is 2. The molecule has 1 aromatic carbocycles. The summed E-state index contributed by atoms with van der Waals surface area (Å²) in [6, 6.07) is 8.08. The summed E-state index contributed by atoms with van der Waals surface area (Å²) in [4.78, 5) is 29.0. The molecule has 1 atom stereocenters. The van der Waals surface area contributed by atoms with Crippen molar-refractivity contribution in [3.8, 4) is 0 Å². The van der Waals surface area contributed by atoms with Crippen LogP contribution in [-0.2, 0) is 0 Å². The van der Waals surface area contributed by atoms with Crippen LogP contribution in [0.4, 0.5) is 5.69 Å². The first-order valence-corrected chi connectivity index (χ1v) is 12.5. The molecule has 1 amide bonds. The van der Waals surface area contributed by atoms with Gasteiger partial charge in [0.15, 0.2) is 5.96 Å². The Morgan fingerprint density at radius 2 is 1.76 bits per heavy atom.